The van der Waals surface area contributed by atoms with Crippen LogP contribution in [0.2, 0.25) is 0 Å². The summed E-state index contributed by atoms with van der Waals surface area (Å²) in [5.41, 5.74) is -0.507. The van der Waals surface area contributed by atoms with Gasteiger partial charge in [-0.3, -0.25) is 4.79 Å². The van der Waals surface area contributed by atoms with Gasteiger partial charge in [0, 0.05) is 18.9 Å². The van der Waals surface area contributed by atoms with Crippen LogP contribution in [0.15, 0.2) is 0 Å². The minimum Gasteiger partial charge on any atom is -0.481 e. The number of ether oxygens (including phenoxy) is 1. The van der Waals surface area contributed by atoms with Crippen molar-refractivity contribution in [1.82, 2.24) is 0 Å². The third kappa shape index (κ3) is 3.69. The molecule has 0 aliphatic heterocycles. The number of carbonyl (C=O) groups is 1. The number of carboxylic acid groups (broad SMARTS) is 1. The summed E-state index contributed by atoms with van der Waals surface area (Å²) in [5, 5.41) is 17.7. The van der Waals surface area contributed by atoms with E-state index in [1.165, 1.54) is 7.11 Å². The summed E-state index contributed by atoms with van der Waals surface area (Å²) in [5.74, 6) is -0.855. The Hall–Kier alpha value is -0.610. The van der Waals surface area contributed by atoms with Gasteiger partial charge < -0.3 is 14.9 Å². The second-order valence-corrected chi connectivity index (χ2v) is 3.47. The molecule has 0 aromatic heterocycles. The quantitative estimate of drug-likeness (QED) is 0.609. The van der Waals surface area contributed by atoms with Gasteiger partial charge in [0.05, 0.1) is 0 Å². The lowest BCUT2D eigenvalue weighted by Gasteiger charge is -2.28. The maximum absolute atomic E-state index is 10.2. The van der Waals surface area contributed by atoms with Gasteiger partial charge in [-0.05, 0) is 6.42 Å². The number of aliphatic hydroxyl groups excluding tert-OH is 1. The molecule has 4 heteroatoms. The van der Waals surface area contributed by atoms with E-state index in [4.69, 9.17) is 9.84 Å². The zero-order valence-corrected chi connectivity index (χ0v) is 7.70. The van der Waals surface area contributed by atoms with E-state index in [-0.39, 0.29) is 6.42 Å². The Labute approximate surface area is 72.2 Å². The number of hydrogen-bond donors (Lipinski definition) is 2. The Bertz CT molecular complexity index is 153. The van der Waals surface area contributed by atoms with Crippen LogP contribution in [0.25, 0.3) is 0 Å². The highest BCUT2D eigenvalue weighted by Gasteiger charge is 2.28. The highest BCUT2D eigenvalue weighted by Crippen LogP contribution is 2.27. The number of methoxy groups -OCH3 is 1. The molecule has 0 spiro atoms. The molecule has 0 radical (unpaired) electrons. The molecule has 0 bridgehead atoms. The van der Waals surface area contributed by atoms with Crippen LogP contribution in [0.5, 0.6) is 0 Å². The van der Waals surface area contributed by atoms with E-state index in [1.807, 2.05) is 0 Å². The second kappa shape index (κ2) is 4.42. The number of carboxylic acids is 1. The minimum absolute atomic E-state index is 0.0490. The maximum atomic E-state index is 10.2. The molecule has 0 amide bonds. The Balaban J connectivity index is 3.94. The summed E-state index contributed by atoms with van der Waals surface area (Å²) in [4.78, 5) is 10.2. The van der Waals surface area contributed by atoms with E-state index >= 15 is 0 Å². The molecule has 2 N–H and O–H groups in total. The van der Waals surface area contributed by atoms with Gasteiger partial charge in [0.2, 0.25) is 0 Å². The van der Waals surface area contributed by atoms with E-state index in [0.717, 1.165) is 0 Å². The van der Waals surface area contributed by atoms with Gasteiger partial charge in [0.1, 0.15) is 0 Å². The maximum Gasteiger partial charge on any atom is 0.303 e. The van der Waals surface area contributed by atoms with Crippen LogP contribution in [0.4, 0.5) is 0 Å². The van der Waals surface area contributed by atoms with Crippen molar-refractivity contribution in [2.24, 2.45) is 5.41 Å². The number of aliphatic hydroxyl groups is 1. The largest absolute Gasteiger partial charge is 0.481 e. The molecule has 0 aromatic carbocycles. The average molecular weight is 176 g/mol. The topological polar surface area (TPSA) is 66.8 Å². The molecule has 0 rings (SSSR count). The molecular weight excluding hydrogens is 160 g/mol. The van der Waals surface area contributed by atoms with Gasteiger partial charge in [0.15, 0.2) is 6.29 Å². The third-order valence-electron chi connectivity index (χ3n) is 1.87. The molecule has 72 valence electrons. The first kappa shape index (κ1) is 11.4. The molecule has 0 aliphatic rings. The Morgan fingerprint density at radius 2 is 2.08 bits per heavy atom. The minimum atomic E-state index is -0.906. The van der Waals surface area contributed by atoms with Crippen LogP contribution in [-0.2, 0) is 9.53 Å². The van der Waals surface area contributed by atoms with Crippen molar-refractivity contribution >= 4 is 5.97 Å². The lowest BCUT2D eigenvalue weighted by Crippen LogP contribution is -2.31. The molecule has 0 saturated heterocycles. The monoisotopic (exact) mass is 176 g/mol. The summed E-state index contributed by atoms with van der Waals surface area (Å²) in [6, 6.07) is 0. The predicted molar refractivity (Wildman–Crippen MR) is 43.7 cm³/mol. The summed E-state index contributed by atoms with van der Waals surface area (Å²) in [6.07, 6.45) is -0.457. The predicted octanol–water partition coefficient (Wildman–Crippen LogP) is 0.842. The fourth-order valence-corrected chi connectivity index (χ4v) is 0.872. The lowest BCUT2D eigenvalue weighted by atomic mass is 9.87. The van der Waals surface area contributed by atoms with Gasteiger partial charge in [-0.15, -0.1) is 0 Å². The highest BCUT2D eigenvalue weighted by atomic mass is 16.6. The summed E-state index contributed by atoms with van der Waals surface area (Å²) in [7, 11) is 1.40. The van der Waals surface area contributed by atoms with Crippen LogP contribution in [0.3, 0.4) is 0 Å². The van der Waals surface area contributed by atoms with E-state index in [0.29, 0.717) is 6.42 Å². The molecule has 12 heavy (non-hydrogen) atoms. The molecule has 1 unspecified atom stereocenters. The fraction of sp³-hybridized carbons (Fsp3) is 0.875. The SMILES string of the molecule is COC(O)C(C)(C)CCC(=O)O. The Morgan fingerprint density at radius 3 is 2.42 bits per heavy atom. The molecule has 0 aromatic rings. The molecule has 4 nitrogen and oxygen atoms in total. The Kier molecular flexibility index (Phi) is 4.20. The van der Waals surface area contributed by atoms with Crippen molar-refractivity contribution in [3.8, 4) is 0 Å². The molecular formula is C8H16O4. The molecule has 0 aliphatic carbocycles. The van der Waals surface area contributed by atoms with Gasteiger partial charge in [-0.1, -0.05) is 13.8 Å². The van der Waals surface area contributed by atoms with Crippen molar-refractivity contribution in [3.63, 3.8) is 0 Å². The average Bonchev–Trinajstić information content (AvgIpc) is 1.99. The van der Waals surface area contributed by atoms with Crippen LogP contribution >= 0.6 is 0 Å². The van der Waals surface area contributed by atoms with E-state index < -0.39 is 17.7 Å². The van der Waals surface area contributed by atoms with Crippen LogP contribution in [0.1, 0.15) is 26.7 Å². The smallest absolute Gasteiger partial charge is 0.303 e. The number of hydrogen-bond acceptors (Lipinski definition) is 3. The third-order valence-corrected chi connectivity index (χ3v) is 1.87. The van der Waals surface area contributed by atoms with Crippen LogP contribution in [-0.4, -0.2) is 29.6 Å². The first-order chi connectivity index (χ1) is 5.40. The Morgan fingerprint density at radius 1 is 1.58 bits per heavy atom. The van der Waals surface area contributed by atoms with Crippen molar-refractivity contribution in [2.75, 3.05) is 7.11 Å². The van der Waals surface area contributed by atoms with E-state index in [9.17, 15) is 9.90 Å². The normalized spacial score (nSPS) is 14.3. The van der Waals surface area contributed by atoms with Gasteiger partial charge in [0.25, 0.3) is 0 Å². The standard InChI is InChI=1S/C8H16O4/c1-8(2,7(11)12-3)5-4-6(9)10/h7,11H,4-5H2,1-3H3,(H,9,10). The van der Waals surface area contributed by atoms with Gasteiger partial charge in [-0.25, -0.2) is 0 Å². The molecule has 1 atom stereocenters. The van der Waals surface area contributed by atoms with E-state index in [2.05, 4.69) is 0 Å². The van der Waals surface area contributed by atoms with Crippen LogP contribution in [0, 0.1) is 5.41 Å². The van der Waals surface area contributed by atoms with Gasteiger partial charge >= 0.3 is 5.97 Å². The zero-order chi connectivity index (χ0) is 9.78. The van der Waals surface area contributed by atoms with Crippen molar-refractivity contribution in [3.05, 3.63) is 0 Å². The van der Waals surface area contributed by atoms with E-state index in [1.54, 1.807) is 13.8 Å². The van der Waals surface area contributed by atoms with Crippen molar-refractivity contribution in [1.29, 1.82) is 0 Å². The number of aliphatic carboxylic acids is 1. The number of rotatable bonds is 5. The van der Waals surface area contributed by atoms with Gasteiger partial charge in [-0.2, -0.15) is 0 Å². The lowest BCUT2D eigenvalue weighted by molar-refractivity contribution is -0.153. The first-order valence-electron chi connectivity index (χ1n) is 3.83. The second-order valence-electron chi connectivity index (χ2n) is 3.47. The summed E-state index contributed by atoms with van der Waals surface area (Å²) >= 11 is 0. The van der Waals surface area contributed by atoms with Crippen molar-refractivity contribution in [2.45, 2.75) is 33.0 Å². The first-order valence-corrected chi connectivity index (χ1v) is 3.83. The molecule has 0 heterocycles. The fourth-order valence-electron chi connectivity index (χ4n) is 0.872. The van der Waals surface area contributed by atoms with Crippen LogP contribution < -0.4 is 0 Å². The summed E-state index contributed by atoms with van der Waals surface area (Å²) < 4.78 is 4.71. The summed E-state index contributed by atoms with van der Waals surface area (Å²) in [6.45, 7) is 3.54. The van der Waals surface area contributed by atoms with Crippen molar-refractivity contribution < 1.29 is 19.7 Å². The molecule has 0 fully saturated rings. The highest BCUT2D eigenvalue weighted by molar-refractivity contribution is 5.66. The molecule has 0 saturated carbocycles. The zero-order valence-electron chi connectivity index (χ0n) is 7.70.